The number of nitrogens with one attached hydrogen (secondary N) is 2. The largest absolute Gasteiger partial charge is 0.377 e. The molecule has 4 aromatic rings. The van der Waals surface area contributed by atoms with Crippen LogP contribution in [0.5, 0.6) is 0 Å². The van der Waals surface area contributed by atoms with Gasteiger partial charge >= 0.3 is 0 Å². The van der Waals surface area contributed by atoms with Crippen molar-refractivity contribution in [1.29, 1.82) is 0 Å². The molecule has 0 aliphatic carbocycles. The summed E-state index contributed by atoms with van der Waals surface area (Å²) in [6.45, 7) is 4.42. The fourth-order valence-corrected chi connectivity index (χ4v) is 4.31. The first kappa shape index (κ1) is 22.9. The summed E-state index contributed by atoms with van der Waals surface area (Å²) in [6.07, 6.45) is 0. The zero-order valence-electron chi connectivity index (χ0n) is 18.4. The first-order valence-electron chi connectivity index (χ1n) is 10.5. The molecular weight excluding hydrogens is 454 g/mol. The van der Waals surface area contributed by atoms with Crippen LogP contribution in [0.25, 0.3) is 5.69 Å². The lowest BCUT2D eigenvalue weighted by Crippen LogP contribution is -2.15. The van der Waals surface area contributed by atoms with Crippen molar-refractivity contribution in [2.75, 3.05) is 16.4 Å². The first-order chi connectivity index (χ1) is 16.0. The Kier molecular flexibility index (Phi) is 7.32. The topological polar surface area (TPSA) is 71.8 Å². The van der Waals surface area contributed by atoms with Gasteiger partial charge in [0.25, 0.3) is 0 Å². The number of rotatable bonds is 8. The van der Waals surface area contributed by atoms with Crippen LogP contribution in [0, 0.1) is 13.8 Å². The van der Waals surface area contributed by atoms with Gasteiger partial charge < -0.3 is 10.6 Å². The van der Waals surface area contributed by atoms with Gasteiger partial charge in [-0.1, -0.05) is 59.8 Å². The van der Waals surface area contributed by atoms with Gasteiger partial charge in [-0.05, 0) is 61.4 Å². The van der Waals surface area contributed by atoms with Crippen molar-refractivity contribution in [1.82, 2.24) is 14.8 Å². The van der Waals surface area contributed by atoms with Crippen LogP contribution in [0.2, 0.25) is 5.02 Å². The van der Waals surface area contributed by atoms with Gasteiger partial charge in [0.2, 0.25) is 5.91 Å². The van der Waals surface area contributed by atoms with E-state index >= 15 is 0 Å². The molecule has 0 atom stereocenters. The number of aryl methyl sites for hydroxylation is 1. The lowest BCUT2D eigenvalue weighted by molar-refractivity contribution is -0.113. The molecule has 8 heteroatoms. The molecule has 1 aromatic heterocycles. The van der Waals surface area contributed by atoms with Gasteiger partial charge in [-0.15, -0.1) is 10.2 Å². The number of carbonyl (C=O) groups is 1. The minimum Gasteiger partial charge on any atom is -0.377 e. The predicted molar refractivity (Wildman–Crippen MR) is 135 cm³/mol. The molecule has 0 spiro atoms. The summed E-state index contributed by atoms with van der Waals surface area (Å²) in [5.74, 6) is 0.865. The number of halogens is 1. The molecule has 0 aliphatic rings. The van der Waals surface area contributed by atoms with Crippen molar-refractivity contribution >= 4 is 40.6 Å². The number of hydrogen-bond donors (Lipinski definition) is 2. The Bertz CT molecular complexity index is 1260. The number of para-hydroxylation sites is 1. The van der Waals surface area contributed by atoms with E-state index in [-0.39, 0.29) is 11.7 Å². The van der Waals surface area contributed by atoms with E-state index in [9.17, 15) is 4.79 Å². The van der Waals surface area contributed by atoms with E-state index in [0.29, 0.717) is 16.7 Å². The highest BCUT2D eigenvalue weighted by atomic mass is 35.5. The van der Waals surface area contributed by atoms with Crippen molar-refractivity contribution in [2.45, 2.75) is 25.5 Å². The Hall–Kier alpha value is -3.29. The van der Waals surface area contributed by atoms with Crippen LogP contribution < -0.4 is 10.6 Å². The number of hydrogen-bond acceptors (Lipinski definition) is 5. The molecule has 0 saturated carbocycles. The summed E-state index contributed by atoms with van der Waals surface area (Å²) in [4.78, 5) is 12.5. The van der Waals surface area contributed by atoms with Gasteiger partial charge in [-0.2, -0.15) is 0 Å². The Morgan fingerprint density at radius 2 is 1.79 bits per heavy atom. The Morgan fingerprint density at radius 3 is 2.58 bits per heavy atom. The average molecular weight is 478 g/mol. The van der Waals surface area contributed by atoms with E-state index in [2.05, 4.69) is 20.8 Å². The van der Waals surface area contributed by atoms with Gasteiger partial charge in [0.1, 0.15) is 0 Å². The van der Waals surface area contributed by atoms with Gasteiger partial charge in [0.05, 0.1) is 12.3 Å². The molecule has 0 saturated heterocycles. The Morgan fingerprint density at radius 1 is 1.00 bits per heavy atom. The summed E-state index contributed by atoms with van der Waals surface area (Å²) in [5.41, 5.74) is 4.73. The Balaban J connectivity index is 1.51. The van der Waals surface area contributed by atoms with Crippen molar-refractivity contribution in [3.63, 3.8) is 0 Å². The molecule has 0 unspecified atom stereocenters. The predicted octanol–water partition coefficient (Wildman–Crippen LogP) is 5.88. The van der Waals surface area contributed by atoms with E-state index < -0.39 is 0 Å². The highest BCUT2D eigenvalue weighted by Gasteiger charge is 2.16. The van der Waals surface area contributed by atoms with E-state index in [4.69, 9.17) is 11.6 Å². The summed E-state index contributed by atoms with van der Waals surface area (Å²) < 4.78 is 1.97. The zero-order valence-corrected chi connectivity index (χ0v) is 20.0. The number of anilines is 2. The standard InChI is InChI=1S/C25H24ClN5OS/c1-17-8-6-9-19(14-17)28-24(32)16-33-25-30-29-23(31(25)20-10-4-3-5-11-20)15-27-22-13-7-12-21(26)18(22)2/h3-14,27H,15-16H2,1-2H3,(H,28,32). The number of thioether (sulfide) groups is 1. The van der Waals surface area contributed by atoms with Gasteiger partial charge in [-0.25, -0.2) is 0 Å². The van der Waals surface area contributed by atoms with Crippen LogP contribution in [0.1, 0.15) is 17.0 Å². The van der Waals surface area contributed by atoms with E-state index in [1.807, 2.05) is 91.2 Å². The third-order valence-electron chi connectivity index (χ3n) is 5.05. The summed E-state index contributed by atoms with van der Waals surface area (Å²) in [6, 6.07) is 23.4. The average Bonchev–Trinajstić information content (AvgIpc) is 3.22. The first-order valence-corrected chi connectivity index (χ1v) is 11.9. The van der Waals surface area contributed by atoms with E-state index in [1.165, 1.54) is 11.8 Å². The maximum Gasteiger partial charge on any atom is 0.234 e. The number of nitrogens with zero attached hydrogens (tertiary/aromatic N) is 3. The molecule has 6 nitrogen and oxygen atoms in total. The summed E-state index contributed by atoms with van der Waals surface area (Å²) in [5, 5.41) is 16.5. The highest BCUT2D eigenvalue weighted by molar-refractivity contribution is 7.99. The van der Waals surface area contributed by atoms with Gasteiger partial charge in [0, 0.05) is 22.1 Å². The fraction of sp³-hybridized carbons (Fsp3) is 0.160. The SMILES string of the molecule is Cc1cccc(NC(=O)CSc2nnc(CNc3cccc(Cl)c3C)n2-c2ccccc2)c1. The minimum absolute atomic E-state index is 0.0950. The van der Waals surface area contributed by atoms with Crippen LogP contribution >= 0.6 is 23.4 Å². The lowest BCUT2D eigenvalue weighted by Gasteiger charge is -2.13. The fourth-order valence-electron chi connectivity index (χ4n) is 3.37. The lowest BCUT2D eigenvalue weighted by atomic mass is 10.2. The maximum atomic E-state index is 12.5. The highest BCUT2D eigenvalue weighted by Crippen LogP contribution is 2.26. The molecule has 0 radical (unpaired) electrons. The third kappa shape index (κ3) is 5.74. The van der Waals surface area contributed by atoms with E-state index in [1.54, 1.807) is 0 Å². The molecule has 4 rings (SSSR count). The van der Waals surface area contributed by atoms with Crippen LogP contribution in [0.15, 0.2) is 78.0 Å². The Labute approximate surface area is 202 Å². The number of benzene rings is 3. The molecule has 168 valence electrons. The van der Waals surface area contributed by atoms with E-state index in [0.717, 1.165) is 34.0 Å². The summed E-state index contributed by atoms with van der Waals surface area (Å²) in [7, 11) is 0. The van der Waals surface area contributed by atoms with Crippen LogP contribution in [-0.4, -0.2) is 26.4 Å². The van der Waals surface area contributed by atoms with Crippen molar-refractivity contribution in [3.8, 4) is 5.69 Å². The number of amides is 1. The second-order valence-electron chi connectivity index (χ2n) is 7.54. The quantitative estimate of drug-likeness (QED) is 0.310. The molecule has 33 heavy (non-hydrogen) atoms. The number of aromatic nitrogens is 3. The monoisotopic (exact) mass is 477 g/mol. The molecule has 3 aromatic carbocycles. The van der Waals surface area contributed by atoms with Gasteiger partial charge in [-0.3, -0.25) is 9.36 Å². The van der Waals surface area contributed by atoms with Crippen molar-refractivity contribution in [2.24, 2.45) is 0 Å². The molecule has 0 bridgehead atoms. The van der Waals surface area contributed by atoms with Crippen molar-refractivity contribution in [3.05, 3.63) is 94.8 Å². The molecule has 0 fully saturated rings. The summed E-state index contributed by atoms with van der Waals surface area (Å²) >= 11 is 7.60. The zero-order chi connectivity index (χ0) is 23.2. The smallest absolute Gasteiger partial charge is 0.234 e. The van der Waals surface area contributed by atoms with Crippen molar-refractivity contribution < 1.29 is 4.79 Å². The molecule has 1 amide bonds. The van der Waals surface area contributed by atoms with Gasteiger partial charge in [0.15, 0.2) is 11.0 Å². The molecule has 2 N–H and O–H groups in total. The molecular formula is C25H24ClN5OS. The second-order valence-corrected chi connectivity index (χ2v) is 8.89. The second kappa shape index (κ2) is 10.6. The van der Waals surface area contributed by atoms with Crippen LogP contribution in [0.3, 0.4) is 0 Å². The normalized spacial score (nSPS) is 10.8. The third-order valence-corrected chi connectivity index (χ3v) is 6.39. The maximum absolute atomic E-state index is 12.5. The molecule has 1 heterocycles. The molecule has 0 aliphatic heterocycles. The minimum atomic E-state index is -0.0950. The van der Waals surface area contributed by atoms with Crippen LogP contribution in [0.4, 0.5) is 11.4 Å². The van der Waals surface area contributed by atoms with Crippen LogP contribution in [-0.2, 0) is 11.3 Å². The number of carbonyl (C=O) groups excluding carboxylic acids is 1.